The summed E-state index contributed by atoms with van der Waals surface area (Å²) in [7, 11) is 1.65. The Morgan fingerprint density at radius 3 is 2.67 bits per heavy atom. The van der Waals surface area contributed by atoms with E-state index in [0.29, 0.717) is 5.13 Å². The minimum atomic E-state index is 0.486. The Hall–Kier alpha value is -1.62. The lowest BCUT2D eigenvalue weighted by atomic mass is 10.1. The van der Waals surface area contributed by atoms with E-state index in [9.17, 15) is 0 Å². The van der Waals surface area contributed by atoms with E-state index >= 15 is 0 Å². The van der Waals surface area contributed by atoms with Gasteiger partial charge in [0.05, 0.1) is 7.11 Å². The quantitative estimate of drug-likeness (QED) is 0.843. The number of benzene rings is 1. The Morgan fingerprint density at radius 1 is 1.33 bits per heavy atom. The van der Waals surface area contributed by atoms with Crippen LogP contribution in [0.3, 0.4) is 0 Å². The van der Waals surface area contributed by atoms with Gasteiger partial charge in [0.2, 0.25) is 5.13 Å². The summed E-state index contributed by atoms with van der Waals surface area (Å²) in [5.41, 5.74) is 7.69. The van der Waals surface area contributed by atoms with E-state index in [1.165, 1.54) is 11.3 Å². The van der Waals surface area contributed by atoms with Crippen molar-refractivity contribution in [3.05, 3.63) is 23.8 Å². The standard InChI is InChI=1S/C10H11N3OS/c1-6-5-7(14-2)3-4-8(6)9-12-13-10(11)15-9/h3-5H,1-2H3,(H2,11,13). The number of nitrogen functional groups attached to an aromatic ring is 1. The van der Waals surface area contributed by atoms with Crippen LogP contribution in [-0.4, -0.2) is 17.3 Å². The number of anilines is 1. The molecule has 0 saturated carbocycles. The molecule has 0 atom stereocenters. The van der Waals surface area contributed by atoms with Crippen molar-refractivity contribution in [1.29, 1.82) is 0 Å². The van der Waals surface area contributed by atoms with Crippen LogP contribution in [0.25, 0.3) is 10.6 Å². The molecule has 1 aromatic carbocycles. The van der Waals surface area contributed by atoms with Crippen molar-refractivity contribution in [3.8, 4) is 16.3 Å². The Labute approximate surface area is 91.7 Å². The molecule has 0 amide bonds. The summed E-state index contributed by atoms with van der Waals surface area (Å²) in [5, 5.41) is 9.12. The van der Waals surface area contributed by atoms with Crippen molar-refractivity contribution in [3.63, 3.8) is 0 Å². The minimum absolute atomic E-state index is 0.486. The molecule has 2 N–H and O–H groups in total. The van der Waals surface area contributed by atoms with E-state index in [1.54, 1.807) is 7.11 Å². The molecule has 1 aromatic heterocycles. The highest BCUT2D eigenvalue weighted by atomic mass is 32.1. The zero-order valence-electron chi connectivity index (χ0n) is 8.52. The van der Waals surface area contributed by atoms with Crippen LogP contribution in [0.15, 0.2) is 18.2 Å². The second-order valence-corrected chi connectivity index (χ2v) is 4.14. The number of hydrogen-bond donors (Lipinski definition) is 1. The van der Waals surface area contributed by atoms with Crippen LogP contribution in [0.1, 0.15) is 5.56 Å². The van der Waals surface area contributed by atoms with Crippen LogP contribution < -0.4 is 10.5 Å². The van der Waals surface area contributed by atoms with Gasteiger partial charge in [0.1, 0.15) is 10.8 Å². The lowest BCUT2D eigenvalue weighted by Crippen LogP contribution is -1.86. The van der Waals surface area contributed by atoms with Crippen LogP contribution in [0.5, 0.6) is 5.75 Å². The van der Waals surface area contributed by atoms with Crippen molar-refractivity contribution in [2.75, 3.05) is 12.8 Å². The maximum absolute atomic E-state index is 5.54. The van der Waals surface area contributed by atoms with Gasteiger partial charge in [-0.15, -0.1) is 10.2 Å². The van der Waals surface area contributed by atoms with E-state index in [-0.39, 0.29) is 0 Å². The van der Waals surface area contributed by atoms with Crippen molar-refractivity contribution >= 4 is 16.5 Å². The third-order valence-corrected chi connectivity index (χ3v) is 2.89. The summed E-state index contributed by atoms with van der Waals surface area (Å²) in [6.45, 7) is 2.01. The van der Waals surface area contributed by atoms with Crippen molar-refractivity contribution in [2.24, 2.45) is 0 Å². The van der Waals surface area contributed by atoms with Crippen LogP contribution >= 0.6 is 11.3 Å². The fourth-order valence-electron chi connectivity index (χ4n) is 1.35. The smallest absolute Gasteiger partial charge is 0.203 e. The largest absolute Gasteiger partial charge is 0.497 e. The van der Waals surface area contributed by atoms with Gasteiger partial charge in [-0.2, -0.15) is 0 Å². The normalized spacial score (nSPS) is 10.3. The zero-order valence-corrected chi connectivity index (χ0v) is 9.34. The number of nitrogens with zero attached hydrogens (tertiary/aromatic N) is 2. The zero-order chi connectivity index (χ0) is 10.8. The summed E-state index contributed by atoms with van der Waals surface area (Å²) in [4.78, 5) is 0. The molecule has 0 unspecified atom stereocenters. The van der Waals surface area contributed by atoms with Gasteiger partial charge < -0.3 is 10.5 Å². The van der Waals surface area contributed by atoms with Crippen molar-refractivity contribution in [1.82, 2.24) is 10.2 Å². The van der Waals surface area contributed by atoms with Crippen molar-refractivity contribution in [2.45, 2.75) is 6.92 Å². The van der Waals surface area contributed by atoms with Gasteiger partial charge in [-0.3, -0.25) is 0 Å². The minimum Gasteiger partial charge on any atom is -0.497 e. The van der Waals surface area contributed by atoms with Gasteiger partial charge >= 0.3 is 0 Å². The van der Waals surface area contributed by atoms with E-state index < -0.39 is 0 Å². The monoisotopic (exact) mass is 221 g/mol. The van der Waals surface area contributed by atoms with Crippen LogP contribution in [-0.2, 0) is 0 Å². The summed E-state index contributed by atoms with van der Waals surface area (Å²) in [5.74, 6) is 0.841. The molecule has 0 radical (unpaired) electrons. The van der Waals surface area contributed by atoms with Gasteiger partial charge in [0, 0.05) is 5.56 Å². The Balaban J connectivity index is 2.45. The molecule has 2 rings (SSSR count). The van der Waals surface area contributed by atoms with Gasteiger partial charge in [-0.1, -0.05) is 11.3 Å². The number of aryl methyl sites for hydroxylation is 1. The number of methoxy groups -OCH3 is 1. The highest BCUT2D eigenvalue weighted by Crippen LogP contribution is 2.29. The first kappa shape index (κ1) is 9.92. The van der Waals surface area contributed by atoms with Crippen LogP contribution in [0.2, 0.25) is 0 Å². The molecule has 4 nitrogen and oxygen atoms in total. The molecule has 1 heterocycles. The van der Waals surface area contributed by atoms with Gasteiger partial charge in [-0.05, 0) is 30.7 Å². The molecule has 0 bridgehead atoms. The molecule has 5 heteroatoms. The summed E-state index contributed by atoms with van der Waals surface area (Å²) < 4.78 is 5.13. The molecule has 0 aliphatic carbocycles. The highest BCUT2D eigenvalue weighted by molar-refractivity contribution is 7.18. The molecule has 78 valence electrons. The van der Waals surface area contributed by atoms with Crippen LogP contribution in [0.4, 0.5) is 5.13 Å². The predicted molar refractivity (Wildman–Crippen MR) is 61.0 cm³/mol. The topological polar surface area (TPSA) is 61.0 Å². The SMILES string of the molecule is COc1ccc(-c2nnc(N)s2)c(C)c1. The summed E-state index contributed by atoms with van der Waals surface area (Å²) in [6.07, 6.45) is 0. The molecule has 0 aliphatic heterocycles. The van der Waals surface area contributed by atoms with Gasteiger partial charge in [0.15, 0.2) is 0 Å². The number of hydrogen-bond acceptors (Lipinski definition) is 5. The summed E-state index contributed by atoms with van der Waals surface area (Å²) in [6, 6.07) is 5.83. The van der Waals surface area contributed by atoms with Gasteiger partial charge in [0.25, 0.3) is 0 Å². The van der Waals surface area contributed by atoms with Gasteiger partial charge in [-0.25, -0.2) is 0 Å². The fraction of sp³-hybridized carbons (Fsp3) is 0.200. The highest BCUT2D eigenvalue weighted by Gasteiger charge is 2.07. The molecule has 0 spiro atoms. The molecule has 0 saturated heterocycles. The lowest BCUT2D eigenvalue weighted by molar-refractivity contribution is 0.414. The van der Waals surface area contributed by atoms with E-state index in [1.807, 2.05) is 25.1 Å². The first-order chi connectivity index (χ1) is 7.20. The Bertz CT molecular complexity index is 481. The third-order valence-electron chi connectivity index (χ3n) is 2.10. The second-order valence-electron chi connectivity index (χ2n) is 3.13. The number of aromatic nitrogens is 2. The van der Waals surface area contributed by atoms with E-state index in [0.717, 1.165) is 21.9 Å². The summed E-state index contributed by atoms with van der Waals surface area (Å²) >= 11 is 1.38. The predicted octanol–water partition coefficient (Wildman–Crippen LogP) is 2.10. The molecular weight excluding hydrogens is 210 g/mol. The Morgan fingerprint density at radius 2 is 2.13 bits per heavy atom. The fourth-order valence-corrected chi connectivity index (χ4v) is 2.05. The number of rotatable bonds is 2. The van der Waals surface area contributed by atoms with Crippen molar-refractivity contribution < 1.29 is 4.74 Å². The maximum Gasteiger partial charge on any atom is 0.203 e. The number of ether oxygens (including phenoxy) is 1. The van der Waals surface area contributed by atoms with E-state index in [2.05, 4.69) is 10.2 Å². The first-order valence-electron chi connectivity index (χ1n) is 4.44. The molecular formula is C10H11N3OS. The second kappa shape index (κ2) is 3.86. The third kappa shape index (κ3) is 1.92. The molecule has 0 aliphatic rings. The first-order valence-corrected chi connectivity index (χ1v) is 5.26. The lowest BCUT2D eigenvalue weighted by Gasteiger charge is -2.04. The maximum atomic E-state index is 5.54. The average Bonchev–Trinajstić information content (AvgIpc) is 2.64. The van der Waals surface area contributed by atoms with Crippen LogP contribution in [0, 0.1) is 6.92 Å². The number of nitrogens with two attached hydrogens (primary N) is 1. The Kier molecular flexibility index (Phi) is 2.55. The molecule has 15 heavy (non-hydrogen) atoms. The van der Waals surface area contributed by atoms with E-state index in [4.69, 9.17) is 10.5 Å². The average molecular weight is 221 g/mol. The molecule has 2 aromatic rings. The molecule has 0 fully saturated rings.